The number of nitrogens with zero attached hydrogens (tertiary/aromatic N) is 5. The number of carbonyl (C=O) groups is 2. The van der Waals surface area contributed by atoms with Crippen LogP contribution in [0.4, 0.5) is 13.6 Å². The minimum Gasteiger partial charge on any atom is -0.465 e. The second-order valence-corrected chi connectivity index (χ2v) is 15.2. The fourth-order valence-electron chi connectivity index (χ4n) is 7.26. The summed E-state index contributed by atoms with van der Waals surface area (Å²) in [6.45, 7) is 6.38. The summed E-state index contributed by atoms with van der Waals surface area (Å²) in [6, 6.07) is 3.91. The monoisotopic (exact) mass is 639 g/mol. The Kier molecular flexibility index (Phi) is 10.8. The highest BCUT2D eigenvalue weighted by molar-refractivity contribution is 7.88. The zero-order valence-electron chi connectivity index (χ0n) is 25.7. The molecule has 0 unspecified atom stereocenters. The molecule has 1 aliphatic carbocycles. The van der Waals surface area contributed by atoms with Crippen LogP contribution in [0.25, 0.3) is 0 Å². The van der Waals surface area contributed by atoms with Gasteiger partial charge in [0, 0.05) is 71.0 Å². The molecule has 10 nitrogen and oxygen atoms in total. The average Bonchev–Trinajstić information content (AvgIpc) is 3.80. The number of piperazine rings is 1. The van der Waals surface area contributed by atoms with Crippen molar-refractivity contribution in [3.05, 3.63) is 35.4 Å². The van der Waals surface area contributed by atoms with Crippen LogP contribution in [0.15, 0.2) is 18.2 Å². The Morgan fingerprint density at radius 2 is 1.50 bits per heavy atom. The number of amides is 2. The number of rotatable bonds is 11. The molecule has 3 saturated heterocycles. The van der Waals surface area contributed by atoms with Crippen LogP contribution in [-0.4, -0.2) is 134 Å². The van der Waals surface area contributed by atoms with Gasteiger partial charge in [-0.1, -0.05) is 0 Å². The van der Waals surface area contributed by atoms with Crippen molar-refractivity contribution < 1.29 is 31.9 Å². The van der Waals surface area contributed by atoms with Gasteiger partial charge in [0.25, 0.3) is 0 Å². The SMILES string of the molecule is CS(=O)(=O)N1CCC([C@@H](CCN2CCC(N(CC3CC3)C(=O)CN3CCN(C(=O)O)CC3)CC2)c2cc(F)cc(F)c2)CC1. The normalized spacial score (nSPS) is 22.7. The van der Waals surface area contributed by atoms with E-state index >= 15 is 0 Å². The number of hydrogen-bond donors (Lipinski definition) is 1. The van der Waals surface area contributed by atoms with Gasteiger partial charge in [0.1, 0.15) is 11.6 Å². The van der Waals surface area contributed by atoms with Gasteiger partial charge in [-0.05, 0) is 86.9 Å². The third kappa shape index (κ3) is 8.88. The molecular formula is C31H47F2N5O5S. The molecule has 0 radical (unpaired) electrons. The van der Waals surface area contributed by atoms with Crippen LogP contribution >= 0.6 is 0 Å². The Balaban J connectivity index is 1.16. The first-order chi connectivity index (χ1) is 21.0. The topological polar surface area (TPSA) is 105 Å². The number of likely N-dealkylation sites (tertiary alicyclic amines) is 1. The Hall–Kier alpha value is -2.35. The summed E-state index contributed by atoms with van der Waals surface area (Å²) in [5.41, 5.74) is 0.639. The van der Waals surface area contributed by atoms with Crippen LogP contribution < -0.4 is 0 Å². The van der Waals surface area contributed by atoms with E-state index in [-0.39, 0.29) is 23.8 Å². The van der Waals surface area contributed by atoms with E-state index in [9.17, 15) is 31.9 Å². The summed E-state index contributed by atoms with van der Waals surface area (Å²) in [6.07, 6.45) is 6.40. The van der Waals surface area contributed by atoms with Crippen molar-refractivity contribution in [2.75, 3.05) is 78.2 Å². The highest BCUT2D eigenvalue weighted by Gasteiger charge is 2.35. The van der Waals surface area contributed by atoms with Crippen LogP contribution in [0, 0.1) is 23.5 Å². The second kappa shape index (κ2) is 14.4. The number of hydrogen-bond acceptors (Lipinski definition) is 6. The van der Waals surface area contributed by atoms with Crippen molar-refractivity contribution in [3.63, 3.8) is 0 Å². The zero-order valence-corrected chi connectivity index (χ0v) is 26.6. The van der Waals surface area contributed by atoms with Gasteiger partial charge >= 0.3 is 6.09 Å². The molecule has 3 aliphatic heterocycles. The molecule has 1 N–H and O–H groups in total. The number of carboxylic acid groups (broad SMARTS) is 1. The molecule has 13 heteroatoms. The molecule has 4 aliphatic rings. The highest BCUT2D eigenvalue weighted by Crippen LogP contribution is 2.37. The lowest BCUT2D eigenvalue weighted by atomic mass is 9.78. The molecule has 2 amide bonds. The Morgan fingerprint density at radius 1 is 0.886 bits per heavy atom. The van der Waals surface area contributed by atoms with E-state index in [2.05, 4.69) is 14.7 Å². The van der Waals surface area contributed by atoms with Crippen molar-refractivity contribution in [1.29, 1.82) is 0 Å². The molecular weight excluding hydrogens is 592 g/mol. The lowest BCUT2D eigenvalue weighted by Crippen LogP contribution is -2.54. The lowest BCUT2D eigenvalue weighted by molar-refractivity contribution is -0.136. The predicted octanol–water partition coefficient (Wildman–Crippen LogP) is 3.11. The molecule has 0 spiro atoms. The second-order valence-electron chi connectivity index (χ2n) is 13.2. The Bertz CT molecular complexity index is 1240. The van der Waals surface area contributed by atoms with E-state index in [1.165, 1.54) is 27.6 Å². The number of piperidine rings is 2. The third-order valence-electron chi connectivity index (χ3n) is 10.1. The largest absolute Gasteiger partial charge is 0.465 e. The predicted molar refractivity (Wildman–Crippen MR) is 163 cm³/mol. The van der Waals surface area contributed by atoms with Gasteiger partial charge in [-0.3, -0.25) is 9.69 Å². The summed E-state index contributed by atoms with van der Waals surface area (Å²) < 4.78 is 54.1. The van der Waals surface area contributed by atoms with Crippen molar-refractivity contribution in [3.8, 4) is 0 Å². The fourth-order valence-corrected chi connectivity index (χ4v) is 8.14. The van der Waals surface area contributed by atoms with Crippen molar-refractivity contribution in [2.45, 2.75) is 56.9 Å². The Labute approximate surface area is 260 Å². The van der Waals surface area contributed by atoms with Crippen molar-refractivity contribution in [1.82, 2.24) is 23.9 Å². The molecule has 3 heterocycles. The summed E-state index contributed by atoms with van der Waals surface area (Å²) in [5, 5.41) is 9.22. The number of benzene rings is 1. The van der Waals surface area contributed by atoms with Gasteiger partial charge in [-0.25, -0.2) is 26.3 Å². The van der Waals surface area contributed by atoms with Gasteiger partial charge in [0.05, 0.1) is 12.8 Å². The molecule has 44 heavy (non-hydrogen) atoms. The molecule has 1 saturated carbocycles. The molecule has 5 rings (SSSR count). The quantitative estimate of drug-likeness (QED) is 0.397. The lowest BCUT2D eigenvalue weighted by Gasteiger charge is -2.41. The third-order valence-corrected chi connectivity index (χ3v) is 11.4. The van der Waals surface area contributed by atoms with Gasteiger partial charge in [0.15, 0.2) is 0 Å². The molecule has 4 fully saturated rings. The van der Waals surface area contributed by atoms with Crippen molar-refractivity contribution in [2.24, 2.45) is 11.8 Å². The number of carbonyl (C=O) groups excluding carboxylic acids is 1. The van der Waals surface area contributed by atoms with Gasteiger partial charge in [-0.15, -0.1) is 0 Å². The van der Waals surface area contributed by atoms with Crippen LogP contribution in [0.2, 0.25) is 0 Å². The smallest absolute Gasteiger partial charge is 0.407 e. The minimum absolute atomic E-state index is 0.0748. The molecule has 246 valence electrons. The first-order valence-electron chi connectivity index (χ1n) is 16.1. The van der Waals surface area contributed by atoms with Crippen LogP contribution in [0.5, 0.6) is 0 Å². The van der Waals surface area contributed by atoms with Crippen LogP contribution in [0.3, 0.4) is 0 Å². The highest BCUT2D eigenvalue weighted by atomic mass is 32.2. The minimum atomic E-state index is -3.27. The molecule has 1 aromatic carbocycles. The van der Waals surface area contributed by atoms with E-state index in [1.807, 2.05) is 0 Å². The molecule has 0 bridgehead atoms. The van der Waals surface area contributed by atoms with E-state index in [4.69, 9.17) is 0 Å². The fraction of sp³-hybridized carbons (Fsp3) is 0.742. The zero-order chi connectivity index (χ0) is 31.4. The van der Waals surface area contributed by atoms with Gasteiger partial charge in [-0.2, -0.15) is 0 Å². The van der Waals surface area contributed by atoms with E-state index in [0.717, 1.165) is 64.3 Å². The van der Waals surface area contributed by atoms with E-state index in [0.29, 0.717) is 70.1 Å². The van der Waals surface area contributed by atoms with Crippen LogP contribution in [-0.2, 0) is 14.8 Å². The summed E-state index contributed by atoms with van der Waals surface area (Å²) >= 11 is 0. The summed E-state index contributed by atoms with van der Waals surface area (Å²) in [7, 11) is -3.27. The molecule has 1 aromatic rings. The summed E-state index contributed by atoms with van der Waals surface area (Å²) in [4.78, 5) is 32.7. The van der Waals surface area contributed by atoms with E-state index in [1.54, 1.807) is 0 Å². The molecule has 1 atom stereocenters. The molecule has 0 aromatic heterocycles. The average molecular weight is 640 g/mol. The Morgan fingerprint density at radius 3 is 2.05 bits per heavy atom. The first-order valence-corrected chi connectivity index (χ1v) is 17.9. The maximum Gasteiger partial charge on any atom is 0.407 e. The standard InChI is InChI=1S/C31H47F2N5O5S/c1-44(42,43)37-12-4-24(5-13-37)29(25-18-26(32)20-27(33)19-25)8-11-34-9-6-28(7-10-34)38(21-23-2-3-23)30(39)22-35-14-16-36(17-15-35)31(40)41/h18-20,23-24,28-29H,2-17,21-22H2,1H3,(H,40,41)/t29-/m1/s1. The first kappa shape index (κ1) is 33.0. The van der Waals surface area contributed by atoms with Crippen molar-refractivity contribution >= 4 is 22.0 Å². The number of halogens is 2. The maximum absolute atomic E-state index is 14.2. The maximum atomic E-state index is 14.2. The van der Waals surface area contributed by atoms with Crippen LogP contribution in [0.1, 0.15) is 56.4 Å². The van der Waals surface area contributed by atoms with Gasteiger partial charge < -0.3 is 19.8 Å². The van der Waals surface area contributed by atoms with E-state index < -0.39 is 27.8 Å². The van der Waals surface area contributed by atoms with Gasteiger partial charge in [0.2, 0.25) is 15.9 Å². The summed E-state index contributed by atoms with van der Waals surface area (Å²) in [5.74, 6) is -0.424. The number of sulfonamides is 1.